The van der Waals surface area contributed by atoms with Gasteiger partial charge in [0.25, 0.3) is 0 Å². The molecule has 0 saturated heterocycles. The van der Waals surface area contributed by atoms with Crippen molar-refractivity contribution in [3.05, 3.63) is 108 Å². The van der Waals surface area contributed by atoms with E-state index in [1.165, 1.54) is 0 Å². The number of carboxylic acids is 12. The van der Waals surface area contributed by atoms with Crippen LogP contribution in [0.25, 0.3) is 0 Å². The topological polar surface area (TPSA) is 579 Å². The molecule has 37 heteroatoms. The number of hydrogen-bond donors (Lipinski definition) is 3. The normalized spacial score (nSPS) is 12.6. The van der Waals surface area contributed by atoms with E-state index in [0.717, 1.165) is 29.4 Å². The van der Waals surface area contributed by atoms with E-state index in [-0.39, 0.29) is 142 Å². The van der Waals surface area contributed by atoms with Crippen molar-refractivity contribution in [3.8, 4) is 0 Å². The molecule has 3 rings (SSSR count). The van der Waals surface area contributed by atoms with Crippen LogP contribution in [0.1, 0.15) is 16.7 Å². The van der Waals surface area contributed by atoms with Crippen LogP contribution in [-0.2, 0) is 76.8 Å². The van der Waals surface area contributed by atoms with Gasteiger partial charge in [0.15, 0.2) is 0 Å². The predicted molar refractivity (Wildman–Crippen MR) is 278 cm³/mol. The molecule has 0 aliphatic heterocycles. The molecular weight excluding hydrogens is 1580 g/mol. The van der Waals surface area contributed by atoms with E-state index in [2.05, 4.69) is 0 Å². The van der Waals surface area contributed by atoms with Crippen molar-refractivity contribution in [2.75, 3.05) is 98.2 Å². The summed E-state index contributed by atoms with van der Waals surface area (Å²) in [6.45, 7) is -9.60. The minimum atomic E-state index is -2.27. The van der Waals surface area contributed by atoms with Gasteiger partial charge >= 0.3 is 103 Å². The summed E-state index contributed by atoms with van der Waals surface area (Å²) in [5, 5.41) is 133. The van der Waals surface area contributed by atoms with E-state index in [1.807, 2.05) is 0 Å². The number of aliphatic carboxylic acids is 12. The summed E-state index contributed by atoms with van der Waals surface area (Å²) in [6.07, 6.45) is -0.945. The van der Waals surface area contributed by atoms with Crippen molar-refractivity contribution >= 4 is 175 Å². The van der Waals surface area contributed by atoms with Gasteiger partial charge in [0.1, 0.15) is 17.0 Å². The van der Waals surface area contributed by atoms with Gasteiger partial charge in [-0.15, -0.1) is 0 Å². The smallest absolute Gasteiger partial charge is 0.549 e. The molecule has 33 nitrogen and oxygen atoms in total. The van der Waals surface area contributed by atoms with Crippen molar-refractivity contribution < 1.29 is 119 Å². The van der Waals surface area contributed by atoms with Crippen molar-refractivity contribution in [1.29, 1.82) is 0 Å². The third-order valence-corrected chi connectivity index (χ3v) is 11.8. The molecule has 0 aliphatic carbocycles. The molecule has 0 spiro atoms. The van der Waals surface area contributed by atoms with Crippen LogP contribution in [0.4, 0.5) is 0 Å². The van der Waals surface area contributed by atoms with Gasteiger partial charge in [-0.25, -0.2) is 0 Å². The molecule has 0 aromatic heterocycles. The van der Waals surface area contributed by atoms with Crippen LogP contribution >= 0.6 is 0 Å². The molecule has 3 aromatic rings. The average molecular weight is 1640 g/mol. The van der Waals surface area contributed by atoms with Gasteiger partial charge < -0.3 is 136 Å². The Hall–Kier alpha value is -5.58. The van der Waals surface area contributed by atoms with Gasteiger partial charge in [0.05, 0.1) is 71.6 Å². The fourth-order valence-electron chi connectivity index (χ4n) is 7.91. The zero-order valence-electron chi connectivity index (χ0n) is 46.9. The van der Waals surface area contributed by atoms with E-state index in [4.69, 9.17) is 17.2 Å². The maximum Gasteiger partial charge on any atom is 3.00 e. The van der Waals surface area contributed by atoms with Crippen LogP contribution in [0.3, 0.4) is 0 Å². The third-order valence-electron chi connectivity index (χ3n) is 11.8. The molecule has 0 amide bonds. The summed E-state index contributed by atoms with van der Waals surface area (Å²) < 4.78 is 0. The Morgan fingerprint density at radius 1 is 0.273 bits per heavy atom. The Balaban J connectivity index is -0.000000588. The third kappa shape index (κ3) is 35.0. The molecule has 88 heavy (non-hydrogen) atoms. The second kappa shape index (κ2) is 44.8. The molecule has 3 unspecified atom stereocenters. The SMILES string of the molecule is NC(Cc1ccccc1)(C(=O)[O-])N(CCN(CC(=O)[O-])CC(=O)[O-])CC(=O)[O-].NC(Cc1ccccc1)(C(=O)[O-])N(CCN(CC(=O)[O-])CC(=O)[O-])CC(=O)[O-].NC(Cc1ccccc1)(C(=O)[O-])N(CCN(CC(=O)[O-])CC(=O)[O-])CC(=O)[O-].[In+3].[In+3].[In+3].[In+3]. The van der Waals surface area contributed by atoms with E-state index < -0.39 is 167 Å². The summed E-state index contributed by atoms with van der Waals surface area (Å²) in [4.78, 5) is 138. The standard InChI is InChI=1S/3C17H23N3O8.4In/c3*18-17(16(27)28,8-12-4-2-1-3-5-12)20(11-15(25)26)7-6-19(9-13(21)22)10-14(23)24;;;;/h3*1-5H,6-11,18H2,(H,21,22)(H,23,24)(H,25,26)(H,27,28);;;;/q;;;4*+3/p-12. The second-order valence-corrected chi connectivity index (χ2v) is 18.4. The Bertz CT molecular complexity index is 2400. The zero-order valence-corrected chi connectivity index (χ0v) is 60.1. The largest absolute Gasteiger partial charge is 3.00 e. The molecule has 3 atom stereocenters. The molecular formula is C51H57In4N9O24. The number of nitrogens with zero attached hydrogens (tertiary/aromatic N) is 6. The number of carboxylic acid groups (broad SMARTS) is 12. The van der Waals surface area contributed by atoms with Crippen molar-refractivity contribution in [2.24, 2.45) is 17.2 Å². The van der Waals surface area contributed by atoms with E-state index >= 15 is 0 Å². The van der Waals surface area contributed by atoms with Crippen LogP contribution in [0.5, 0.6) is 0 Å². The fraction of sp³-hybridized carbons (Fsp3) is 0.412. The van der Waals surface area contributed by atoms with Gasteiger partial charge in [-0.1, -0.05) is 91.0 Å². The second-order valence-electron chi connectivity index (χ2n) is 18.4. The van der Waals surface area contributed by atoms with Crippen molar-refractivity contribution in [3.63, 3.8) is 0 Å². The quantitative estimate of drug-likeness (QED) is 0.0447. The number of carbonyl (C=O) groups excluding carboxylic acids is 12. The summed E-state index contributed by atoms with van der Waals surface area (Å²) in [7, 11) is 0. The first-order valence-corrected chi connectivity index (χ1v) is 24.5. The van der Waals surface area contributed by atoms with Crippen LogP contribution in [0.2, 0.25) is 0 Å². The van der Waals surface area contributed by atoms with Crippen molar-refractivity contribution in [1.82, 2.24) is 29.4 Å². The van der Waals surface area contributed by atoms with Crippen LogP contribution in [-0.4, -0.2) is 320 Å². The van der Waals surface area contributed by atoms with Crippen molar-refractivity contribution in [2.45, 2.75) is 36.3 Å². The molecule has 3 aromatic carbocycles. The molecule has 0 bridgehead atoms. The molecule has 6 N–H and O–H groups in total. The Kier molecular flexibility index (Phi) is 45.2. The Morgan fingerprint density at radius 2 is 0.432 bits per heavy atom. The average Bonchev–Trinajstić information content (AvgIpc) is 3.37. The zero-order chi connectivity index (χ0) is 64.0. The van der Waals surface area contributed by atoms with E-state index in [1.54, 1.807) is 91.0 Å². The summed E-state index contributed by atoms with van der Waals surface area (Å²) in [6, 6.07) is 24.4. The number of hydrogen-bond acceptors (Lipinski definition) is 33. The first kappa shape index (κ1) is 88.8. The molecule has 0 saturated carbocycles. The van der Waals surface area contributed by atoms with Gasteiger partial charge in [-0.3, -0.25) is 29.4 Å². The first-order chi connectivity index (χ1) is 39.1. The minimum Gasteiger partial charge on any atom is -0.549 e. The number of benzene rings is 3. The van der Waals surface area contributed by atoms with Gasteiger partial charge in [-0.05, 0) is 16.7 Å². The number of nitrogens with two attached hydrogens (primary N) is 3. The van der Waals surface area contributed by atoms with Gasteiger partial charge in [0, 0.05) is 117 Å². The summed E-state index contributed by atoms with van der Waals surface area (Å²) in [5.74, 6) is -19.6. The fourth-order valence-corrected chi connectivity index (χ4v) is 7.91. The van der Waals surface area contributed by atoms with Gasteiger partial charge in [0.2, 0.25) is 0 Å². The number of rotatable bonds is 39. The molecule has 0 aliphatic rings. The Morgan fingerprint density at radius 3 is 0.568 bits per heavy atom. The Labute approximate surface area is 577 Å². The van der Waals surface area contributed by atoms with Crippen LogP contribution in [0, 0.1) is 0 Å². The predicted octanol–water partition coefficient (Wildman–Crippen LogP) is -21.1. The summed E-state index contributed by atoms with van der Waals surface area (Å²) >= 11 is 0. The maximum absolute atomic E-state index is 11.7. The monoisotopic (exact) mass is 1640 g/mol. The van der Waals surface area contributed by atoms with E-state index in [9.17, 15) is 119 Å². The van der Waals surface area contributed by atoms with Crippen LogP contribution in [0.15, 0.2) is 91.0 Å². The maximum atomic E-state index is 11.7. The minimum absolute atomic E-state index is 0. The van der Waals surface area contributed by atoms with E-state index in [0.29, 0.717) is 16.7 Å². The number of carbonyl (C=O) groups is 12. The molecule has 0 heterocycles. The molecule has 0 radical (unpaired) electrons. The first-order valence-electron chi connectivity index (χ1n) is 24.5. The van der Waals surface area contributed by atoms with Gasteiger partial charge in [-0.2, -0.15) is 0 Å². The summed E-state index contributed by atoms with van der Waals surface area (Å²) in [5.41, 5.74) is 12.5. The van der Waals surface area contributed by atoms with Crippen LogP contribution < -0.4 is 78.5 Å². The molecule has 462 valence electrons. The molecule has 0 fully saturated rings.